The first-order valence-electron chi connectivity index (χ1n) is 8.18. The summed E-state index contributed by atoms with van der Waals surface area (Å²) >= 11 is 0. The molecule has 1 aromatic heterocycles. The second-order valence-corrected chi connectivity index (χ2v) is 6.10. The first kappa shape index (κ1) is 15.5. The highest BCUT2D eigenvalue weighted by atomic mass is 16.1. The molecule has 5 nitrogen and oxygen atoms in total. The van der Waals surface area contributed by atoms with Gasteiger partial charge in [0.1, 0.15) is 5.69 Å². The molecule has 0 radical (unpaired) electrons. The number of nitrogens with one attached hydrogen (secondary N) is 1. The van der Waals surface area contributed by atoms with E-state index in [1.165, 1.54) is 38.2 Å². The van der Waals surface area contributed by atoms with Crippen molar-refractivity contribution in [2.75, 3.05) is 5.32 Å². The minimum Gasteiger partial charge on any atom is -0.323 e. The molecule has 1 heterocycles. The van der Waals surface area contributed by atoms with E-state index in [1.54, 1.807) is 6.08 Å². The van der Waals surface area contributed by atoms with Gasteiger partial charge < -0.3 is 5.32 Å². The van der Waals surface area contributed by atoms with Crippen LogP contribution < -0.4 is 5.32 Å². The number of amides is 1. The molecule has 1 aliphatic carbocycles. The third kappa shape index (κ3) is 4.28. The van der Waals surface area contributed by atoms with Gasteiger partial charge in [-0.25, -0.2) is 4.68 Å². The van der Waals surface area contributed by atoms with E-state index in [4.69, 9.17) is 0 Å². The number of carbonyl (C=O) groups is 1. The van der Waals surface area contributed by atoms with Gasteiger partial charge >= 0.3 is 0 Å². The molecule has 2 aromatic rings. The Morgan fingerprint density at radius 3 is 2.70 bits per heavy atom. The molecular formula is C18H22N4O. The minimum absolute atomic E-state index is 0.166. The Bertz CT molecular complexity index is 681. The standard InChI is InChI=1S/C18H22N4O/c1-14-7-9-15(10-8-14)19-18(23)12-11-16-13-22(21-20-16)17-5-3-2-4-6-17/h7-13,17H,2-6H2,1H3,(H,19,23)/b12-11+. The van der Waals surface area contributed by atoms with Gasteiger partial charge in [0, 0.05) is 11.8 Å². The van der Waals surface area contributed by atoms with E-state index >= 15 is 0 Å². The summed E-state index contributed by atoms with van der Waals surface area (Å²) in [5.41, 5.74) is 2.67. The van der Waals surface area contributed by atoms with Crippen LogP contribution in [-0.4, -0.2) is 20.9 Å². The molecule has 3 rings (SSSR count). The van der Waals surface area contributed by atoms with E-state index in [-0.39, 0.29) is 5.91 Å². The predicted octanol–water partition coefficient (Wildman–Crippen LogP) is 3.74. The van der Waals surface area contributed by atoms with Crippen LogP contribution in [0.2, 0.25) is 0 Å². The Hall–Kier alpha value is -2.43. The summed E-state index contributed by atoms with van der Waals surface area (Å²) in [4.78, 5) is 11.9. The molecule has 0 unspecified atom stereocenters. The number of aromatic nitrogens is 3. The number of hydrogen-bond donors (Lipinski definition) is 1. The summed E-state index contributed by atoms with van der Waals surface area (Å²) in [5, 5.41) is 11.2. The SMILES string of the molecule is Cc1ccc(NC(=O)/C=C/c2cn(C3CCCCC3)nn2)cc1. The summed E-state index contributed by atoms with van der Waals surface area (Å²) in [5.74, 6) is -0.166. The van der Waals surface area contributed by atoms with Crippen LogP contribution in [0.4, 0.5) is 5.69 Å². The first-order valence-corrected chi connectivity index (χ1v) is 8.18. The Kier molecular flexibility index (Phi) is 4.86. The predicted molar refractivity (Wildman–Crippen MR) is 91.0 cm³/mol. The van der Waals surface area contributed by atoms with Crippen molar-refractivity contribution in [3.05, 3.63) is 47.8 Å². The van der Waals surface area contributed by atoms with Gasteiger partial charge in [-0.2, -0.15) is 0 Å². The van der Waals surface area contributed by atoms with Crippen molar-refractivity contribution in [2.45, 2.75) is 45.1 Å². The smallest absolute Gasteiger partial charge is 0.248 e. The van der Waals surface area contributed by atoms with Crippen LogP contribution in [0.3, 0.4) is 0 Å². The van der Waals surface area contributed by atoms with Gasteiger partial charge in [0.25, 0.3) is 0 Å². The molecule has 120 valence electrons. The van der Waals surface area contributed by atoms with Gasteiger partial charge in [-0.1, -0.05) is 42.2 Å². The number of rotatable bonds is 4. The number of hydrogen-bond acceptors (Lipinski definition) is 3. The number of carbonyl (C=O) groups excluding carboxylic acids is 1. The van der Waals surface area contributed by atoms with Gasteiger partial charge in [0.15, 0.2) is 0 Å². The van der Waals surface area contributed by atoms with Crippen molar-refractivity contribution in [1.82, 2.24) is 15.0 Å². The van der Waals surface area contributed by atoms with E-state index in [1.807, 2.05) is 42.1 Å². The minimum atomic E-state index is -0.166. The maximum atomic E-state index is 11.9. The van der Waals surface area contributed by atoms with Gasteiger partial charge in [-0.3, -0.25) is 4.79 Å². The molecule has 1 amide bonds. The van der Waals surface area contributed by atoms with Gasteiger partial charge in [0.2, 0.25) is 5.91 Å². The fourth-order valence-electron chi connectivity index (χ4n) is 2.87. The molecule has 0 bridgehead atoms. The second kappa shape index (κ2) is 7.22. The maximum absolute atomic E-state index is 11.9. The van der Waals surface area contributed by atoms with E-state index in [0.29, 0.717) is 6.04 Å². The fourth-order valence-corrected chi connectivity index (χ4v) is 2.87. The fraction of sp³-hybridized carbons (Fsp3) is 0.389. The number of nitrogens with zero attached hydrogens (tertiary/aromatic N) is 3. The molecule has 0 aliphatic heterocycles. The Morgan fingerprint density at radius 2 is 1.96 bits per heavy atom. The summed E-state index contributed by atoms with van der Waals surface area (Å²) in [6, 6.07) is 8.17. The lowest BCUT2D eigenvalue weighted by Crippen LogP contribution is -2.13. The summed E-state index contributed by atoms with van der Waals surface area (Å²) < 4.78 is 1.94. The van der Waals surface area contributed by atoms with Crippen LogP contribution in [-0.2, 0) is 4.79 Å². The van der Waals surface area contributed by atoms with Crippen molar-refractivity contribution in [3.63, 3.8) is 0 Å². The molecule has 1 aromatic carbocycles. The summed E-state index contributed by atoms with van der Waals surface area (Å²) in [6.07, 6.45) is 11.3. The van der Waals surface area contributed by atoms with Crippen molar-refractivity contribution in [1.29, 1.82) is 0 Å². The molecule has 5 heteroatoms. The number of aryl methyl sites for hydroxylation is 1. The van der Waals surface area contributed by atoms with Crippen LogP contribution in [0.25, 0.3) is 6.08 Å². The van der Waals surface area contributed by atoms with Crippen LogP contribution >= 0.6 is 0 Å². The molecule has 1 fully saturated rings. The van der Waals surface area contributed by atoms with E-state index in [0.717, 1.165) is 16.9 Å². The topological polar surface area (TPSA) is 59.8 Å². The Labute approximate surface area is 136 Å². The van der Waals surface area contributed by atoms with Gasteiger partial charge in [0.05, 0.1) is 12.2 Å². The second-order valence-electron chi connectivity index (χ2n) is 6.10. The highest BCUT2D eigenvalue weighted by Gasteiger charge is 2.16. The van der Waals surface area contributed by atoms with Gasteiger partial charge in [-0.05, 0) is 38.0 Å². The van der Waals surface area contributed by atoms with Crippen LogP contribution in [0.15, 0.2) is 36.5 Å². The molecule has 1 saturated carbocycles. The van der Waals surface area contributed by atoms with Crippen molar-refractivity contribution >= 4 is 17.7 Å². The lowest BCUT2D eigenvalue weighted by Gasteiger charge is -2.20. The van der Waals surface area contributed by atoms with Gasteiger partial charge in [-0.15, -0.1) is 5.10 Å². The average molecular weight is 310 g/mol. The van der Waals surface area contributed by atoms with Crippen molar-refractivity contribution in [2.24, 2.45) is 0 Å². The molecular weight excluding hydrogens is 288 g/mol. The zero-order chi connectivity index (χ0) is 16.1. The quantitative estimate of drug-likeness (QED) is 0.875. The zero-order valence-electron chi connectivity index (χ0n) is 13.4. The lowest BCUT2D eigenvalue weighted by atomic mass is 9.96. The number of benzene rings is 1. The maximum Gasteiger partial charge on any atom is 0.248 e. The largest absolute Gasteiger partial charge is 0.323 e. The monoisotopic (exact) mass is 310 g/mol. The molecule has 1 N–H and O–H groups in total. The molecule has 1 aliphatic rings. The number of anilines is 1. The third-order valence-corrected chi connectivity index (χ3v) is 4.20. The van der Waals surface area contributed by atoms with Crippen LogP contribution in [0, 0.1) is 6.92 Å². The third-order valence-electron chi connectivity index (χ3n) is 4.20. The first-order chi connectivity index (χ1) is 11.2. The van der Waals surface area contributed by atoms with Crippen molar-refractivity contribution in [3.8, 4) is 0 Å². The molecule has 0 spiro atoms. The summed E-state index contributed by atoms with van der Waals surface area (Å²) in [6.45, 7) is 2.02. The summed E-state index contributed by atoms with van der Waals surface area (Å²) in [7, 11) is 0. The Morgan fingerprint density at radius 1 is 1.22 bits per heavy atom. The highest BCUT2D eigenvalue weighted by molar-refractivity contribution is 6.01. The van der Waals surface area contributed by atoms with Crippen molar-refractivity contribution < 1.29 is 4.79 Å². The average Bonchev–Trinajstić information content (AvgIpc) is 3.05. The van der Waals surface area contributed by atoms with E-state index in [2.05, 4.69) is 15.6 Å². The Balaban J connectivity index is 1.57. The normalized spacial score (nSPS) is 15.9. The van der Waals surface area contributed by atoms with E-state index in [9.17, 15) is 4.79 Å². The molecule has 0 atom stereocenters. The van der Waals surface area contributed by atoms with Crippen LogP contribution in [0.5, 0.6) is 0 Å². The lowest BCUT2D eigenvalue weighted by molar-refractivity contribution is -0.111. The van der Waals surface area contributed by atoms with E-state index < -0.39 is 0 Å². The molecule has 0 saturated heterocycles. The zero-order valence-corrected chi connectivity index (χ0v) is 13.4. The molecule has 23 heavy (non-hydrogen) atoms. The highest BCUT2D eigenvalue weighted by Crippen LogP contribution is 2.27. The van der Waals surface area contributed by atoms with Crippen LogP contribution in [0.1, 0.15) is 49.4 Å².